The van der Waals surface area contributed by atoms with Crippen LogP contribution in [0.4, 0.5) is 4.79 Å². The molecule has 0 aromatic heterocycles. The summed E-state index contributed by atoms with van der Waals surface area (Å²) in [4.78, 5) is 10.3. The number of carbonyl (C=O) groups excluding carboxylic acids is 1. The Bertz CT molecular complexity index is 138. The maximum Gasteiger partial charge on any atom is 0.312 e. The van der Waals surface area contributed by atoms with Crippen LogP contribution < -0.4 is 11.1 Å². The Balaban J connectivity index is 3.70. The summed E-state index contributed by atoms with van der Waals surface area (Å²) in [5.41, 5.74) is 5.16. The van der Waals surface area contributed by atoms with Crippen LogP contribution in [0.2, 0.25) is 0 Å². The highest BCUT2D eigenvalue weighted by atomic mass is 16.2. The summed E-state index contributed by atoms with van der Waals surface area (Å²) >= 11 is 0. The van der Waals surface area contributed by atoms with Crippen LogP contribution in [0.1, 0.15) is 27.7 Å². The molecule has 0 saturated heterocycles. The first-order valence-corrected chi connectivity index (χ1v) is 3.87. The summed E-state index contributed by atoms with van der Waals surface area (Å²) in [5, 5.41) is 2.59. The van der Waals surface area contributed by atoms with Crippen molar-refractivity contribution in [2.45, 2.75) is 27.7 Å². The van der Waals surface area contributed by atoms with Gasteiger partial charge in [-0.3, -0.25) is 0 Å². The summed E-state index contributed by atoms with van der Waals surface area (Å²) in [6.07, 6.45) is 0. The van der Waals surface area contributed by atoms with Gasteiger partial charge in [0.1, 0.15) is 0 Å². The van der Waals surface area contributed by atoms with E-state index in [1.807, 2.05) is 0 Å². The maximum atomic E-state index is 10.3. The molecule has 0 aliphatic carbocycles. The Morgan fingerprint density at radius 1 is 1.55 bits per heavy atom. The van der Waals surface area contributed by atoms with E-state index in [1.54, 1.807) is 0 Å². The van der Waals surface area contributed by atoms with Gasteiger partial charge < -0.3 is 11.1 Å². The minimum Gasteiger partial charge on any atom is -0.352 e. The Morgan fingerprint density at radius 2 is 2.00 bits per heavy atom. The monoisotopic (exact) mass is 158 g/mol. The van der Waals surface area contributed by atoms with E-state index >= 15 is 0 Å². The highest BCUT2D eigenvalue weighted by Crippen LogP contribution is 2.24. The van der Waals surface area contributed by atoms with E-state index in [2.05, 4.69) is 33.0 Å². The molecule has 0 aliphatic heterocycles. The maximum absolute atomic E-state index is 10.3. The first-order chi connectivity index (χ1) is 4.84. The lowest BCUT2D eigenvalue weighted by Gasteiger charge is -2.26. The number of primary amides is 1. The quantitative estimate of drug-likeness (QED) is 0.626. The number of amides is 2. The van der Waals surface area contributed by atoms with Crippen LogP contribution >= 0.6 is 0 Å². The molecular formula is C8H18N2O. The van der Waals surface area contributed by atoms with Gasteiger partial charge in [0.2, 0.25) is 0 Å². The highest BCUT2D eigenvalue weighted by molar-refractivity contribution is 5.71. The van der Waals surface area contributed by atoms with Gasteiger partial charge in [-0.05, 0) is 11.3 Å². The Kier molecular flexibility index (Phi) is 3.36. The molecule has 0 spiro atoms. The predicted molar refractivity (Wildman–Crippen MR) is 46.2 cm³/mol. The van der Waals surface area contributed by atoms with Gasteiger partial charge >= 0.3 is 6.03 Å². The van der Waals surface area contributed by atoms with Gasteiger partial charge in [0.25, 0.3) is 0 Å². The lowest BCUT2D eigenvalue weighted by Crippen LogP contribution is -2.36. The van der Waals surface area contributed by atoms with Gasteiger partial charge in [0.05, 0.1) is 0 Å². The number of nitrogens with two attached hydrogens (primary N) is 1. The second-order valence-electron chi connectivity index (χ2n) is 4.01. The van der Waals surface area contributed by atoms with Gasteiger partial charge in [0, 0.05) is 6.54 Å². The highest BCUT2D eigenvalue weighted by Gasteiger charge is 2.19. The van der Waals surface area contributed by atoms with Crippen molar-refractivity contribution in [3.8, 4) is 0 Å². The van der Waals surface area contributed by atoms with E-state index in [1.165, 1.54) is 0 Å². The van der Waals surface area contributed by atoms with Crippen molar-refractivity contribution in [2.24, 2.45) is 17.1 Å². The van der Waals surface area contributed by atoms with Crippen molar-refractivity contribution in [2.75, 3.05) is 6.54 Å². The Labute approximate surface area is 68.3 Å². The molecule has 1 unspecified atom stereocenters. The third-order valence-corrected chi connectivity index (χ3v) is 2.06. The van der Waals surface area contributed by atoms with Crippen LogP contribution in [0.5, 0.6) is 0 Å². The number of rotatable bonds is 2. The van der Waals surface area contributed by atoms with Gasteiger partial charge in [0.15, 0.2) is 0 Å². The molecule has 0 aromatic carbocycles. The summed E-state index contributed by atoms with van der Waals surface area (Å²) < 4.78 is 0. The predicted octanol–water partition coefficient (Wildman–Crippen LogP) is 1.34. The first-order valence-electron chi connectivity index (χ1n) is 3.87. The SMILES string of the molecule is CC(CNC(N)=O)C(C)(C)C. The zero-order chi connectivity index (χ0) is 9.07. The number of carbonyl (C=O) groups is 1. The summed E-state index contributed by atoms with van der Waals surface area (Å²) in [5.74, 6) is 0.440. The summed E-state index contributed by atoms with van der Waals surface area (Å²) in [6.45, 7) is 9.16. The normalized spacial score (nSPS) is 14.2. The van der Waals surface area contributed by atoms with E-state index in [0.717, 1.165) is 0 Å². The Hall–Kier alpha value is -0.730. The molecule has 3 N–H and O–H groups in total. The summed E-state index contributed by atoms with van der Waals surface area (Å²) in [6, 6.07) is -0.443. The molecule has 66 valence electrons. The minimum atomic E-state index is -0.443. The third-order valence-electron chi connectivity index (χ3n) is 2.06. The lowest BCUT2D eigenvalue weighted by atomic mass is 9.82. The van der Waals surface area contributed by atoms with E-state index in [0.29, 0.717) is 12.5 Å². The van der Waals surface area contributed by atoms with Crippen molar-refractivity contribution in [3.63, 3.8) is 0 Å². The van der Waals surface area contributed by atoms with Crippen molar-refractivity contribution in [1.29, 1.82) is 0 Å². The molecule has 2 amide bonds. The molecule has 0 aromatic rings. The third kappa shape index (κ3) is 4.65. The molecule has 3 nitrogen and oxygen atoms in total. The molecule has 1 atom stereocenters. The van der Waals surface area contributed by atoms with E-state index in [-0.39, 0.29) is 5.41 Å². The number of hydrogen-bond donors (Lipinski definition) is 2. The average molecular weight is 158 g/mol. The molecule has 0 heterocycles. The van der Waals surface area contributed by atoms with Crippen molar-refractivity contribution in [3.05, 3.63) is 0 Å². The second kappa shape index (κ2) is 3.60. The fraction of sp³-hybridized carbons (Fsp3) is 0.875. The van der Waals surface area contributed by atoms with Crippen LogP contribution in [0.15, 0.2) is 0 Å². The smallest absolute Gasteiger partial charge is 0.312 e. The first kappa shape index (κ1) is 10.3. The van der Waals surface area contributed by atoms with Gasteiger partial charge in [-0.2, -0.15) is 0 Å². The molecular weight excluding hydrogens is 140 g/mol. The molecule has 0 fully saturated rings. The molecule has 0 radical (unpaired) electrons. The van der Waals surface area contributed by atoms with Crippen LogP contribution in [0.3, 0.4) is 0 Å². The van der Waals surface area contributed by atoms with Crippen LogP contribution in [-0.4, -0.2) is 12.6 Å². The van der Waals surface area contributed by atoms with Crippen molar-refractivity contribution in [1.82, 2.24) is 5.32 Å². The largest absolute Gasteiger partial charge is 0.352 e. The fourth-order valence-corrected chi connectivity index (χ4v) is 0.560. The van der Waals surface area contributed by atoms with Gasteiger partial charge in [-0.25, -0.2) is 4.79 Å². The minimum absolute atomic E-state index is 0.225. The Morgan fingerprint density at radius 3 is 2.27 bits per heavy atom. The second-order valence-corrected chi connectivity index (χ2v) is 4.01. The topological polar surface area (TPSA) is 55.1 Å². The van der Waals surface area contributed by atoms with E-state index < -0.39 is 6.03 Å². The molecule has 0 saturated carbocycles. The fourth-order valence-electron chi connectivity index (χ4n) is 0.560. The molecule has 3 heteroatoms. The lowest BCUT2D eigenvalue weighted by molar-refractivity contribution is 0.231. The standard InChI is InChI=1S/C8H18N2O/c1-6(8(2,3)4)5-10-7(9)11/h6H,5H2,1-4H3,(H3,9,10,11). The van der Waals surface area contributed by atoms with Gasteiger partial charge in [-0.15, -0.1) is 0 Å². The van der Waals surface area contributed by atoms with Crippen molar-refractivity contribution >= 4 is 6.03 Å². The molecule has 11 heavy (non-hydrogen) atoms. The average Bonchev–Trinajstić information content (AvgIpc) is 1.80. The van der Waals surface area contributed by atoms with E-state index in [9.17, 15) is 4.79 Å². The number of urea groups is 1. The van der Waals surface area contributed by atoms with Crippen LogP contribution in [-0.2, 0) is 0 Å². The van der Waals surface area contributed by atoms with Crippen LogP contribution in [0.25, 0.3) is 0 Å². The molecule has 0 rings (SSSR count). The van der Waals surface area contributed by atoms with E-state index in [4.69, 9.17) is 5.73 Å². The number of hydrogen-bond acceptors (Lipinski definition) is 1. The van der Waals surface area contributed by atoms with Gasteiger partial charge in [-0.1, -0.05) is 27.7 Å². The molecule has 0 aliphatic rings. The zero-order valence-electron chi connectivity index (χ0n) is 7.77. The number of nitrogens with one attached hydrogen (secondary N) is 1. The summed E-state index contributed by atoms with van der Waals surface area (Å²) in [7, 11) is 0. The van der Waals surface area contributed by atoms with Crippen LogP contribution in [0, 0.1) is 11.3 Å². The zero-order valence-corrected chi connectivity index (χ0v) is 7.77. The van der Waals surface area contributed by atoms with Crippen molar-refractivity contribution < 1.29 is 4.79 Å². The molecule has 0 bridgehead atoms.